The first-order valence-electron chi connectivity index (χ1n) is 9.04. The zero-order valence-corrected chi connectivity index (χ0v) is 15.6. The summed E-state index contributed by atoms with van der Waals surface area (Å²) < 4.78 is 33.5. The van der Waals surface area contributed by atoms with Crippen molar-refractivity contribution in [3.63, 3.8) is 0 Å². The summed E-state index contributed by atoms with van der Waals surface area (Å²) in [4.78, 5) is 24.2. The third-order valence-corrected chi connectivity index (χ3v) is 4.51. The molecule has 3 aromatic carbocycles. The number of fused-ring (bicyclic) bond motifs is 1. The number of para-hydroxylation sites is 1. The van der Waals surface area contributed by atoms with Crippen molar-refractivity contribution in [2.24, 2.45) is 0 Å². The van der Waals surface area contributed by atoms with E-state index in [4.69, 9.17) is 4.74 Å². The van der Waals surface area contributed by atoms with Gasteiger partial charge in [-0.25, -0.2) is 18.3 Å². The van der Waals surface area contributed by atoms with E-state index in [0.717, 1.165) is 34.8 Å². The van der Waals surface area contributed by atoms with E-state index in [1.54, 1.807) is 28.9 Å². The summed E-state index contributed by atoms with van der Waals surface area (Å²) in [6.45, 7) is -0.223. The molecule has 1 heterocycles. The standard InChI is InChI=1S/C22H15F2N3O3/c23-16-9-10-18(24)17(11-16)21(28)13-30-22(29)15-7-5-14(6-8-15)12-27-20-4-2-1-3-19(20)25-26-27/h1-11H,12-13H2. The number of halogens is 2. The second-order valence-electron chi connectivity index (χ2n) is 6.56. The maximum atomic E-state index is 13.6. The summed E-state index contributed by atoms with van der Waals surface area (Å²) in [5.74, 6) is -3.18. The Morgan fingerprint density at radius 1 is 0.967 bits per heavy atom. The van der Waals surface area contributed by atoms with Crippen LogP contribution in [0.25, 0.3) is 11.0 Å². The van der Waals surface area contributed by atoms with Crippen LogP contribution >= 0.6 is 0 Å². The molecule has 0 atom stereocenters. The minimum absolute atomic E-state index is 0.231. The van der Waals surface area contributed by atoms with Gasteiger partial charge < -0.3 is 4.74 Å². The van der Waals surface area contributed by atoms with Crippen molar-refractivity contribution >= 4 is 22.8 Å². The Labute approximate surface area is 169 Å². The number of hydrogen-bond acceptors (Lipinski definition) is 5. The maximum absolute atomic E-state index is 13.6. The maximum Gasteiger partial charge on any atom is 0.338 e. The second kappa shape index (κ2) is 8.20. The fraction of sp³-hybridized carbons (Fsp3) is 0.0909. The molecule has 6 nitrogen and oxygen atoms in total. The molecule has 4 rings (SSSR count). The van der Waals surface area contributed by atoms with Gasteiger partial charge in [-0.2, -0.15) is 0 Å². The molecule has 0 unspecified atom stereocenters. The average Bonchev–Trinajstić information content (AvgIpc) is 3.17. The lowest BCUT2D eigenvalue weighted by molar-refractivity contribution is 0.0473. The molecule has 0 N–H and O–H groups in total. The molecule has 4 aromatic rings. The Morgan fingerprint density at radius 2 is 1.73 bits per heavy atom. The van der Waals surface area contributed by atoms with E-state index in [0.29, 0.717) is 6.54 Å². The minimum atomic E-state index is -0.873. The summed E-state index contributed by atoms with van der Waals surface area (Å²) in [5.41, 5.74) is 2.34. The van der Waals surface area contributed by atoms with Crippen LogP contribution in [-0.2, 0) is 11.3 Å². The van der Waals surface area contributed by atoms with E-state index in [-0.39, 0.29) is 5.56 Å². The number of rotatable bonds is 6. The van der Waals surface area contributed by atoms with Gasteiger partial charge in [0.1, 0.15) is 17.2 Å². The lowest BCUT2D eigenvalue weighted by Crippen LogP contribution is -2.15. The third-order valence-electron chi connectivity index (χ3n) is 4.51. The van der Waals surface area contributed by atoms with Crippen LogP contribution in [-0.4, -0.2) is 33.4 Å². The Balaban J connectivity index is 1.39. The highest BCUT2D eigenvalue weighted by Gasteiger charge is 2.16. The molecule has 0 spiro atoms. The predicted octanol–water partition coefficient (Wildman–Crippen LogP) is 3.80. The van der Waals surface area contributed by atoms with Crippen molar-refractivity contribution in [1.82, 2.24) is 15.0 Å². The summed E-state index contributed by atoms with van der Waals surface area (Å²) in [5, 5.41) is 8.21. The van der Waals surface area contributed by atoms with Crippen LogP contribution in [0.15, 0.2) is 66.7 Å². The summed E-state index contributed by atoms with van der Waals surface area (Å²) in [6, 6.07) is 16.7. The molecular formula is C22H15F2N3O3. The number of esters is 1. The van der Waals surface area contributed by atoms with Crippen LogP contribution in [0.3, 0.4) is 0 Å². The highest BCUT2D eigenvalue weighted by Crippen LogP contribution is 2.14. The number of aromatic nitrogens is 3. The molecule has 1 aromatic heterocycles. The smallest absolute Gasteiger partial charge is 0.338 e. The molecule has 0 aliphatic carbocycles. The van der Waals surface area contributed by atoms with Crippen molar-refractivity contribution in [3.05, 3.63) is 95.1 Å². The van der Waals surface area contributed by atoms with Crippen LogP contribution in [0.1, 0.15) is 26.3 Å². The van der Waals surface area contributed by atoms with Crippen molar-refractivity contribution in [2.75, 3.05) is 6.61 Å². The van der Waals surface area contributed by atoms with Gasteiger partial charge in [-0.15, -0.1) is 5.10 Å². The highest BCUT2D eigenvalue weighted by molar-refractivity contribution is 5.99. The number of Topliss-reactive ketones (excluding diaryl/α,β-unsaturated/α-hetero) is 1. The van der Waals surface area contributed by atoms with E-state index in [1.165, 1.54) is 0 Å². The van der Waals surface area contributed by atoms with Gasteiger partial charge >= 0.3 is 5.97 Å². The van der Waals surface area contributed by atoms with Crippen molar-refractivity contribution < 1.29 is 23.1 Å². The molecular weight excluding hydrogens is 392 g/mol. The number of ketones is 1. The first-order chi connectivity index (χ1) is 14.5. The molecule has 0 saturated heterocycles. The van der Waals surface area contributed by atoms with Gasteiger partial charge in [0.25, 0.3) is 0 Å². The molecule has 0 fully saturated rings. The number of benzene rings is 3. The Morgan fingerprint density at radius 3 is 2.53 bits per heavy atom. The Hall–Kier alpha value is -3.94. The van der Waals surface area contributed by atoms with Gasteiger partial charge in [0, 0.05) is 0 Å². The van der Waals surface area contributed by atoms with Crippen molar-refractivity contribution in [1.29, 1.82) is 0 Å². The zero-order valence-electron chi connectivity index (χ0n) is 15.6. The van der Waals surface area contributed by atoms with Gasteiger partial charge in [-0.05, 0) is 48.0 Å². The van der Waals surface area contributed by atoms with Crippen molar-refractivity contribution in [2.45, 2.75) is 6.54 Å². The summed E-state index contributed by atoms with van der Waals surface area (Å²) in [6.07, 6.45) is 0. The van der Waals surface area contributed by atoms with Gasteiger partial charge in [-0.3, -0.25) is 4.79 Å². The molecule has 0 amide bonds. The lowest BCUT2D eigenvalue weighted by Gasteiger charge is -2.07. The number of nitrogens with zero attached hydrogens (tertiary/aromatic N) is 3. The number of hydrogen-bond donors (Lipinski definition) is 0. The SMILES string of the molecule is O=C(OCC(=O)c1cc(F)ccc1F)c1ccc(Cn2nnc3ccccc32)cc1. The normalized spacial score (nSPS) is 10.9. The van der Waals surface area contributed by atoms with Crippen LogP contribution < -0.4 is 0 Å². The van der Waals surface area contributed by atoms with E-state index in [1.807, 2.05) is 24.3 Å². The number of carbonyl (C=O) groups excluding carboxylic acids is 2. The van der Waals surface area contributed by atoms with Gasteiger partial charge in [0.05, 0.1) is 23.2 Å². The lowest BCUT2D eigenvalue weighted by atomic mass is 10.1. The first-order valence-corrected chi connectivity index (χ1v) is 9.04. The van der Waals surface area contributed by atoms with E-state index in [2.05, 4.69) is 10.3 Å². The van der Waals surface area contributed by atoms with Gasteiger partial charge in [-0.1, -0.05) is 29.5 Å². The molecule has 0 bridgehead atoms. The highest BCUT2D eigenvalue weighted by atomic mass is 19.1. The van der Waals surface area contributed by atoms with Crippen LogP contribution in [0.5, 0.6) is 0 Å². The van der Waals surface area contributed by atoms with Gasteiger partial charge in [0.15, 0.2) is 6.61 Å². The molecule has 8 heteroatoms. The molecule has 0 saturated carbocycles. The summed E-state index contributed by atoms with van der Waals surface area (Å²) in [7, 11) is 0. The molecule has 0 radical (unpaired) electrons. The largest absolute Gasteiger partial charge is 0.454 e. The zero-order chi connectivity index (χ0) is 21.1. The quantitative estimate of drug-likeness (QED) is 0.359. The first kappa shape index (κ1) is 19.4. The Kier molecular flexibility index (Phi) is 5.30. The molecule has 30 heavy (non-hydrogen) atoms. The van der Waals surface area contributed by atoms with Crippen molar-refractivity contribution in [3.8, 4) is 0 Å². The minimum Gasteiger partial charge on any atom is -0.454 e. The topological polar surface area (TPSA) is 74.1 Å². The van der Waals surface area contributed by atoms with Crippen LogP contribution in [0, 0.1) is 11.6 Å². The fourth-order valence-electron chi connectivity index (χ4n) is 2.96. The third kappa shape index (κ3) is 4.07. The van der Waals surface area contributed by atoms with Gasteiger partial charge in [0.2, 0.25) is 5.78 Å². The van der Waals surface area contributed by atoms with E-state index >= 15 is 0 Å². The second-order valence-corrected chi connectivity index (χ2v) is 6.56. The fourth-order valence-corrected chi connectivity index (χ4v) is 2.96. The average molecular weight is 407 g/mol. The van der Waals surface area contributed by atoms with E-state index in [9.17, 15) is 18.4 Å². The predicted molar refractivity (Wildman–Crippen MR) is 104 cm³/mol. The molecule has 150 valence electrons. The molecule has 0 aliphatic heterocycles. The monoisotopic (exact) mass is 407 g/mol. The van der Waals surface area contributed by atoms with Crippen LogP contribution in [0.2, 0.25) is 0 Å². The van der Waals surface area contributed by atoms with E-state index < -0.39 is 35.6 Å². The Bertz CT molecular complexity index is 1240. The number of ether oxygens (including phenoxy) is 1. The van der Waals surface area contributed by atoms with Crippen LogP contribution in [0.4, 0.5) is 8.78 Å². The molecule has 0 aliphatic rings. The number of carbonyl (C=O) groups is 2. The summed E-state index contributed by atoms with van der Waals surface area (Å²) >= 11 is 0.